The lowest BCUT2D eigenvalue weighted by Gasteiger charge is -2.08. The molecule has 0 atom stereocenters. The number of rotatable bonds is 7. The summed E-state index contributed by atoms with van der Waals surface area (Å²) in [6.45, 7) is 1.07. The van der Waals surface area contributed by atoms with Crippen molar-refractivity contribution in [1.82, 2.24) is 5.32 Å². The van der Waals surface area contributed by atoms with Gasteiger partial charge < -0.3 is 10.1 Å². The number of ether oxygens (including phenoxy) is 1. The Morgan fingerprint density at radius 1 is 1.10 bits per heavy atom. The first-order chi connectivity index (χ1) is 10.3. The number of carbonyl (C=O) groups excluding carboxylic acids is 1. The minimum absolute atomic E-state index is 0.110. The SMILES string of the molecule is O=C(NCc1ccccc1)c1cccc(OCCCCl)c1. The van der Waals surface area contributed by atoms with E-state index in [2.05, 4.69) is 5.32 Å². The van der Waals surface area contributed by atoms with Crippen molar-refractivity contribution in [2.45, 2.75) is 13.0 Å². The van der Waals surface area contributed by atoms with Gasteiger partial charge in [-0.25, -0.2) is 0 Å². The number of hydrogen-bond donors (Lipinski definition) is 1. The molecule has 1 amide bonds. The van der Waals surface area contributed by atoms with Gasteiger partial charge in [0, 0.05) is 18.0 Å². The zero-order chi connectivity index (χ0) is 14.9. The van der Waals surface area contributed by atoms with Gasteiger partial charge in [0.25, 0.3) is 5.91 Å². The maximum absolute atomic E-state index is 12.1. The quantitative estimate of drug-likeness (QED) is 0.626. The molecule has 0 saturated carbocycles. The van der Waals surface area contributed by atoms with Crippen molar-refractivity contribution < 1.29 is 9.53 Å². The van der Waals surface area contributed by atoms with Crippen molar-refractivity contribution in [1.29, 1.82) is 0 Å². The lowest BCUT2D eigenvalue weighted by Crippen LogP contribution is -2.22. The Bertz CT molecular complexity index is 572. The Hall–Kier alpha value is -2.00. The Kier molecular flexibility index (Phi) is 6.10. The standard InChI is InChI=1S/C17H18ClNO2/c18-10-5-11-21-16-9-4-8-15(12-16)17(20)19-13-14-6-2-1-3-7-14/h1-4,6-9,12H,5,10-11,13H2,(H,19,20). The summed E-state index contributed by atoms with van der Waals surface area (Å²) in [5.74, 6) is 1.14. The van der Waals surface area contributed by atoms with Crippen LogP contribution in [0.4, 0.5) is 0 Å². The molecule has 0 saturated heterocycles. The highest BCUT2D eigenvalue weighted by molar-refractivity contribution is 6.17. The van der Waals surface area contributed by atoms with E-state index in [0.717, 1.165) is 12.0 Å². The van der Waals surface area contributed by atoms with Gasteiger partial charge in [-0.1, -0.05) is 36.4 Å². The van der Waals surface area contributed by atoms with Crippen molar-refractivity contribution in [2.75, 3.05) is 12.5 Å². The average molecular weight is 304 g/mol. The van der Waals surface area contributed by atoms with Crippen LogP contribution in [0.5, 0.6) is 5.75 Å². The second-order valence-electron chi connectivity index (χ2n) is 4.59. The molecule has 2 aromatic rings. The third kappa shape index (κ3) is 5.12. The molecule has 0 spiro atoms. The van der Waals surface area contributed by atoms with Crippen LogP contribution in [-0.2, 0) is 6.54 Å². The molecule has 0 aliphatic carbocycles. The molecular weight excluding hydrogens is 286 g/mol. The second-order valence-corrected chi connectivity index (χ2v) is 4.97. The summed E-state index contributed by atoms with van der Waals surface area (Å²) in [6, 6.07) is 17.0. The van der Waals surface area contributed by atoms with Gasteiger partial charge in [0.05, 0.1) is 6.61 Å². The molecule has 0 aliphatic heterocycles. The third-order valence-electron chi connectivity index (χ3n) is 2.94. The molecule has 0 radical (unpaired) electrons. The first-order valence-electron chi connectivity index (χ1n) is 6.90. The molecule has 0 heterocycles. The Morgan fingerprint density at radius 2 is 1.90 bits per heavy atom. The number of halogens is 1. The van der Waals surface area contributed by atoms with E-state index < -0.39 is 0 Å². The Morgan fingerprint density at radius 3 is 2.67 bits per heavy atom. The predicted octanol–water partition coefficient (Wildman–Crippen LogP) is 3.62. The van der Waals surface area contributed by atoms with E-state index in [1.165, 1.54) is 0 Å². The van der Waals surface area contributed by atoms with Gasteiger partial charge in [-0.15, -0.1) is 11.6 Å². The van der Waals surface area contributed by atoms with Crippen molar-refractivity contribution in [3.8, 4) is 5.75 Å². The summed E-state index contributed by atoms with van der Waals surface area (Å²) in [6.07, 6.45) is 0.784. The summed E-state index contributed by atoms with van der Waals surface area (Å²) in [4.78, 5) is 12.1. The molecule has 110 valence electrons. The lowest BCUT2D eigenvalue weighted by molar-refractivity contribution is 0.0950. The maximum atomic E-state index is 12.1. The van der Waals surface area contributed by atoms with E-state index in [9.17, 15) is 4.79 Å². The van der Waals surface area contributed by atoms with Crippen LogP contribution in [-0.4, -0.2) is 18.4 Å². The van der Waals surface area contributed by atoms with E-state index in [1.807, 2.05) is 42.5 Å². The van der Waals surface area contributed by atoms with Crippen LogP contribution in [0.3, 0.4) is 0 Å². The molecule has 2 rings (SSSR count). The lowest BCUT2D eigenvalue weighted by atomic mass is 10.2. The number of benzene rings is 2. The van der Waals surface area contributed by atoms with Crippen LogP contribution in [0.1, 0.15) is 22.3 Å². The minimum atomic E-state index is -0.110. The van der Waals surface area contributed by atoms with Gasteiger partial charge in [-0.2, -0.15) is 0 Å². The first kappa shape index (κ1) is 15.4. The van der Waals surface area contributed by atoms with Gasteiger partial charge in [-0.05, 0) is 30.2 Å². The second kappa shape index (κ2) is 8.32. The number of hydrogen-bond acceptors (Lipinski definition) is 2. The van der Waals surface area contributed by atoms with E-state index in [1.54, 1.807) is 12.1 Å². The fraction of sp³-hybridized carbons (Fsp3) is 0.235. The number of carbonyl (C=O) groups is 1. The topological polar surface area (TPSA) is 38.3 Å². The van der Waals surface area contributed by atoms with Crippen LogP contribution in [0.25, 0.3) is 0 Å². The Labute approximate surface area is 129 Å². The molecule has 21 heavy (non-hydrogen) atoms. The summed E-state index contributed by atoms with van der Waals surface area (Å²) in [5.41, 5.74) is 1.66. The van der Waals surface area contributed by atoms with Gasteiger partial charge >= 0.3 is 0 Å². The van der Waals surface area contributed by atoms with Crippen LogP contribution in [0, 0.1) is 0 Å². The third-order valence-corrected chi connectivity index (χ3v) is 3.21. The summed E-state index contributed by atoms with van der Waals surface area (Å²) < 4.78 is 5.54. The summed E-state index contributed by atoms with van der Waals surface area (Å²) >= 11 is 5.60. The fourth-order valence-corrected chi connectivity index (χ4v) is 1.96. The maximum Gasteiger partial charge on any atom is 0.251 e. The molecule has 0 unspecified atom stereocenters. The highest BCUT2D eigenvalue weighted by Crippen LogP contribution is 2.14. The van der Waals surface area contributed by atoms with Crippen molar-refractivity contribution in [3.63, 3.8) is 0 Å². The average Bonchev–Trinajstić information content (AvgIpc) is 2.54. The van der Waals surface area contributed by atoms with Crippen molar-refractivity contribution >= 4 is 17.5 Å². The molecular formula is C17H18ClNO2. The van der Waals surface area contributed by atoms with Gasteiger partial charge in [0.15, 0.2) is 0 Å². The highest BCUT2D eigenvalue weighted by atomic mass is 35.5. The molecule has 4 heteroatoms. The smallest absolute Gasteiger partial charge is 0.251 e. The molecule has 3 nitrogen and oxygen atoms in total. The van der Waals surface area contributed by atoms with Crippen LogP contribution in [0.15, 0.2) is 54.6 Å². The highest BCUT2D eigenvalue weighted by Gasteiger charge is 2.06. The van der Waals surface area contributed by atoms with Crippen LogP contribution >= 0.6 is 11.6 Å². The van der Waals surface area contributed by atoms with Crippen molar-refractivity contribution in [3.05, 3.63) is 65.7 Å². The molecule has 2 aromatic carbocycles. The normalized spacial score (nSPS) is 10.1. The van der Waals surface area contributed by atoms with E-state index in [4.69, 9.17) is 16.3 Å². The first-order valence-corrected chi connectivity index (χ1v) is 7.44. The number of amides is 1. The van der Waals surface area contributed by atoms with Crippen LogP contribution in [0.2, 0.25) is 0 Å². The zero-order valence-electron chi connectivity index (χ0n) is 11.7. The fourth-order valence-electron chi connectivity index (χ4n) is 1.85. The van der Waals surface area contributed by atoms with E-state index in [0.29, 0.717) is 30.3 Å². The predicted molar refractivity (Wildman–Crippen MR) is 84.9 cm³/mol. The summed E-state index contributed by atoms with van der Waals surface area (Å²) in [7, 11) is 0. The van der Waals surface area contributed by atoms with E-state index >= 15 is 0 Å². The number of alkyl halides is 1. The minimum Gasteiger partial charge on any atom is -0.494 e. The molecule has 0 fully saturated rings. The summed E-state index contributed by atoms with van der Waals surface area (Å²) in [5, 5.41) is 2.89. The van der Waals surface area contributed by atoms with E-state index in [-0.39, 0.29) is 5.91 Å². The van der Waals surface area contributed by atoms with Gasteiger partial charge in [0.1, 0.15) is 5.75 Å². The zero-order valence-corrected chi connectivity index (χ0v) is 12.5. The molecule has 1 N–H and O–H groups in total. The molecule has 0 aliphatic rings. The Balaban J connectivity index is 1.91. The van der Waals surface area contributed by atoms with Gasteiger partial charge in [-0.3, -0.25) is 4.79 Å². The molecule has 0 aromatic heterocycles. The monoisotopic (exact) mass is 303 g/mol. The largest absolute Gasteiger partial charge is 0.494 e. The van der Waals surface area contributed by atoms with Crippen molar-refractivity contribution in [2.24, 2.45) is 0 Å². The molecule has 0 bridgehead atoms. The van der Waals surface area contributed by atoms with Gasteiger partial charge in [0.2, 0.25) is 0 Å². The van der Waals surface area contributed by atoms with Crippen LogP contribution < -0.4 is 10.1 Å². The number of nitrogens with one attached hydrogen (secondary N) is 1.